The molecule has 2 aromatic rings. The third-order valence-electron chi connectivity index (χ3n) is 2.32. The molecule has 0 bridgehead atoms. The molecule has 0 aliphatic heterocycles. The summed E-state index contributed by atoms with van der Waals surface area (Å²) < 4.78 is 27.8. The Labute approximate surface area is 97.0 Å². The third-order valence-corrected chi connectivity index (χ3v) is 2.32. The van der Waals surface area contributed by atoms with E-state index >= 15 is 0 Å². The highest BCUT2D eigenvalue weighted by molar-refractivity contribution is 5.66. The van der Waals surface area contributed by atoms with Crippen molar-refractivity contribution in [2.45, 2.75) is 6.54 Å². The van der Waals surface area contributed by atoms with Gasteiger partial charge in [-0.15, -0.1) is 0 Å². The van der Waals surface area contributed by atoms with Crippen molar-refractivity contribution in [1.82, 2.24) is 9.78 Å². The normalized spacial score (nSPS) is 10.5. The average molecular weight is 238 g/mol. The monoisotopic (exact) mass is 238 g/mol. The van der Waals surface area contributed by atoms with Crippen LogP contribution in [-0.4, -0.2) is 9.78 Å². The molecule has 3 N–H and O–H groups in total. The summed E-state index contributed by atoms with van der Waals surface area (Å²) in [5.41, 5.74) is 6.39. The number of nitrogens with zero attached hydrogens (tertiary/aromatic N) is 2. The summed E-state index contributed by atoms with van der Waals surface area (Å²) in [6, 6.07) is 3.71. The maximum absolute atomic E-state index is 13.1. The summed E-state index contributed by atoms with van der Waals surface area (Å²) in [5, 5.41) is 6.97. The van der Waals surface area contributed by atoms with Crippen LogP contribution in [0.2, 0.25) is 0 Å². The molecule has 0 spiro atoms. The number of nitrogen functional groups attached to an aromatic ring is 1. The van der Waals surface area contributed by atoms with Crippen molar-refractivity contribution < 1.29 is 8.78 Å². The van der Waals surface area contributed by atoms with E-state index < -0.39 is 11.6 Å². The standard InChI is InChI=1S/C11H12F2N4/c1-17-3-2-8(16-17)6-15-10-5-7(12)4-9(13)11(10)14/h2-5,15H,6,14H2,1H3. The van der Waals surface area contributed by atoms with Gasteiger partial charge in [-0.1, -0.05) is 0 Å². The molecule has 6 heteroatoms. The van der Waals surface area contributed by atoms with Crippen LogP contribution in [0, 0.1) is 11.6 Å². The number of nitrogens with two attached hydrogens (primary N) is 1. The van der Waals surface area contributed by atoms with E-state index in [-0.39, 0.29) is 11.4 Å². The lowest BCUT2D eigenvalue weighted by Gasteiger charge is -2.08. The predicted octanol–water partition coefficient (Wildman–Crippen LogP) is 1.89. The molecule has 1 heterocycles. The Morgan fingerprint density at radius 3 is 2.82 bits per heavy atom. The Bertz CT molecular complexity index is 536. The molecule has 0 unspecified atom stereocenters. The maximum atomic E-state index is 13.1. The number of benzene rings is 1. The van der Waals surface area contributed by atoms with E-state index in [1.54, 1.807) is 24.0 Å². The molecule has 1 aromatic heterocycles. The molecule has 0 atom stereocenters. The van der Waals surface area contributed by atoms with Crippen LogP contribution >= 0.6 is 0 Å². The fourth-order valence-corrected chi connectivity index (χ4v) is 1.47. The zero-order chi connectivity index (χ0) is 12.4. The minimum Gasteiger partial charge on any atom is -0.395 e. The average Bonchev–Trinajstić information content (AvgIpc) is 2.67. The highest BCUT2D eigenvalue weighted by Gasteiger charge is 2.08. The van der Waals surface area contributed by atoms with E-state index in [1.165, 1.54) is 0 Å². The zero-order valence-electron chi connectivity index (χ0n) is 9.24. The number of anilines is 2. The second kappa shape index (κ2) is 4.40. The topological polar surface area (TPSA) is 55.9 Å². The molecular weight excluding hydrogens is 226 g/mol. The number of rotatable bonds is 3. The minimum absolute atomic E-state index is 0.0951. The number of aryl methyl sites for hydroxylation is 1. The molecule has 1 aromatic carbocycles. The predicted molar refractivity (Wildman–Crippen MR) is 61.3 cm³/mol. The molecule has 0 aliphatic rings. The van der Waals surface area contributed by atoms with E-state index in [9.17, 15) is 8.78 Å². The molecule has 0 saturated heterocycles. The van der Waals surface area contributed by atoms with Crippen LogP contribution in [0.15, 0.2) is 24.4 Å². The first-order valence-corrected chi connectivity index (χ1v) is 5.03. The van der Waals surface area contributed by atoms with Gasteiger partial charge in [-0.25, -0.2) is 8.78 Å². The second-order valence-corrected chi connectivity index (χ2v) is 3.68. The largest absolute Gasteiger partial charge is 0.395 e. The summed E-state index contributed by atoms with van der Waals surface area (Å²) >= 11 is 0. The van der Waals surface area contributed by atoms with Gasteiger partial charge in [-0.05, 0) is 12.1 Å². The first-order valence-electron chi connectivity index (χ1n) is 5.03. The van der Waals surface area contributed by atoms with Crippen molar-refractivity contribution in [1.29, 1.82) is 0 Å². The second-order valence-electron chi connectivity index (χ2n) is 3.68. The molecule has 2 rings (SSSR count). The SMILES string of the molecule is Cn1ccc(CNc2cc(F)cc(F)c2N)n1. The van der Waals surface area contributed by atoms with E-state index in [1.807, 2.05) is 0 Å². The van der Waals surface area contributed by atoms with Gasteiger partial charge in [-0.3, -0.25) is 4.68 Å². The summed E-state index contributed by atoms with van der Waals surface area (Å²) in [6.07, 6.45) is 1.78. The van der Waals surface area contributed by atoms with Crippen LogP contribution in [0.5, 0.6) is 0 Å². The van der Waals surface area contributed by atoms with Gasteiger partial charge in [0.25, 0.3) is 0 Å². The van der Waals surface area contributed by atoms with Crippen LogP contribution in [0.4, 0.5) is 20.2 Å². The van der Waals surface area contributed by atoms with Crippen LogP contribution in [0.1, 0.15) is 5.69 Å². The van der Waals surface area contributed by atoms with Crippen molar-refractivity contribution in [2.75, 3.05) is 11.1 Å². The molecule has 90 valence electrons. The Balaban J connectivity index is 2.14. The molecular formula is C11H12F2N4. The molecule has 0 amide bonds. The van der Waals surface area contributed by atoms with Crippen molar-refractivity contribution in [3.63, 3.8) is 0 Å². The van der Waals surface area contributed by atoms with Crippen LogP contribution < -0.4 is 11.1 Å². The number of aromatic nitrogens is 2. The van der Waals surface area contributed by atoms with Crippen molar-refractivity contribution in [3.05, 3.63) is 41.7 Å². The van der Waals surface area contributed by atoms with Gasteiger partial charge in [0.1, 0.15) is 5.82 Å². The Kier molecular flexibility index (Phi) is 2.95. The Morgan fingerprint density at radius 2 is 2.18 bits per heavy atom. The number of hydrogen-bond acceptors (Lipinski definition) is 3. The van der Waals surface area contributed by atoms with Gasteiger partial charge < -0.3 is 11.1 Å². The van der Waals surface area contributed by atoms with Gasteiger partial charge >= 0.3 is 0 Å². The van der Waals surface area contributed by atoms with Gasteiger partial charge in [0.2, 0.25) is 0 Å². The minimum atomic E-state index is -0.770. The van der Waals surface area contributed by atoms with Gasteiger partial charge in [0, 0.05) is 19.3 Å². The quantitative estimate of drug-likeness (QED) is 0.803. The van der Waals surface area contributed by atoms with Crippen LogP contribution in [-0.2, 0) is 13.6 Å². The van der Waals surface area contributed by atoms with Crippen LogP contribution in [0.25, 0.3) is 0 Å². The molecule has 0 radical (unpaired) electrons. The van der Waals surface area contributed by atoms with E-state index in [0.29, 0.717) is 6.54 Å². The lowest BCUT2D eigenvalue weighted by atomic mass is 10.2. The van der Waals surface area contributed by atoms with Crippen molar-refractivity contribution in [2.24, 2.45) is 7.05 Å². The highest BCUT2D eigenvalue weighted by Crippen LogP contribution is 2.23. The zero-order valence-corrected chi connectivity index (χ0v) is 9.24. The Morgan fingerprint density at radius 1 is 1.41 bits per heavy atom. The van der Waals surface area contributed by atoms with Gasteiger partial charge in [0.15, 0.2) is 5.82 Å². The van der Waals surface area contributed by atoms with E-state index in [0.717, 1.165) is 17.8 Å². The third kappa shape index (κ3) is 2.52. The van der Waals surface area contributed by atoms with Gasteiger partial charge in [0.05, 0.1) is 23.6 Å². The number of hydrogen-bond donors (Lipinski definition) is 2. The van der Waals surface area contributed by atoms with Crippen molar-refractivity contribution >= 4 is 11.4 Å². The van der Waals surface area contributed by atoms with Crippen LogP contribution in [0.3, 0.4) is 0 Å². The highest BCUT2D eigenvalue weighted by atomic mass is 19.1. The molecule has 0 fully saturated rings. The molecule has 0 saturated carbocycles. The molecule has 0 aliphatic carbocycles. The Hall–Kier alpha value is -2.11. The number of halogens is 2. The summed E-state index contributed by atoms with van der Waals surface area (Å²) in [4.78, 5) is 0. The lowest BCUT2D eigenvalue weighted by molar-refractivity contribution is 0.587. The van der Waals surface area contributed by atoms with E-state index in [2.05, 4.69) is 10.4 Å². The first kappa shape index (κ1) is 11.4. The van der Waals surface area contributed by atoms with Gasteiger partial charge in [-0.2, -0.15) is 5.10 Å². The van der Waals surface area contributed by atoms with Crippen molar-refractivity contribution in [3.8, 4) is 0 Å². The maximum Gasteiger partial charge on any atom is 0.151 e. The van der Waals surface area contributed by atoms with E-state index in [4.69, 9.17) is 5.73 Å². The fourth-order valence-electron chi connectivity index (χ4n) is 1.47. The molecule has 17 heavy (non-hydrogen) atoms. The number of nitrogens with one attached hydrogen (secondary N) is 1. The smallest absolute Gasteiger partial charge is 0.151 e. The summed E-state index contributed by atoms with van der Waals surface area (Å²) in [7, 11) is 1.79. The lowest BCUT2D eigenvalue weighted by Crippen LogP contribution is -2.05. The summed E-state index contributed by atoms with van der Waals surface area (Å²) in [5.74, 6) is -1.44. The fraction of sp³-hybridized carbons (Fsp3) is 0.182. The summed E-state index contributed by atoms with van der Waals surface area (Å²) in [6.45, 7) is 0.355. The molecule has 4 nitrogen and oxygen atoms in total. The first-order chi connectivity index (χ1) is 8.06.